The maximum Gasteiger partial charge on any atom is 0.295 e. The first-order valence-corrected chi connectivity index (χ1v) is 11.0. The van der Waals surface area contributed by atoms with Gasteiger partial charge >= 0.3 is 0 Å². The Morgan fingerprint density at radius 1 is 1.12 bits per heavy atom. The summed E-state index contributed by atoms with van der Waals surface area (Å²) in [5, 5.41) is 16.2. The Morgan fingerprint density at radius 2 is 1.85 bits per heavy atom. The van der Waals surface area contributed by atoms with E-state index in [4.69, 9.17) is 11.6 Å². The zero-order chi connectivity index (χ0) is 23.7. The van der Waals surface area contributed by atoms with Gasteiger partial charge in [-0.1, -0.05) is 41.9 Å². The molecule has 1 aliphatic heterocycles. The van der Waals surface area contributed by atoms with Gasteiger partial charge in [-0.05, 0) is 50.8 Å². The molecule has 0 saturated carbocycles. The lowest BCUT2D eigenvalue weighted by Gasteiger charge is -2.26. The third kappa shape index (κ3) is 4.29. The number of hydrogen-bond acceptors (Lipinski definition) is 5. The Labute approximate surface area is 197 Å². The molecule has 0 radical (unpaired) electrons. The number of para-hydroxylation sites is 1. The molecule has 0 spiro atoms. The van der Waals surface area contributed by atoms with E-state index in [0.717, 1.165) is 5.69 Å². The molecule has 170 valence electrons. The first-order chi connectivity index (χ1) is 15.8. The van der Waals surface area contributed by atoms with E-state index in [-0.39, 0.29) is 11.3 Å². The maximum atomic E-state index is 13.1. The number of carbonyl (C=O) groups excluding carboxylic acids is 2. The Bertz CT molecular complexity index is 1230. The summed E-state index contributed by atoms with van der Waals surface area (Å²) in [5.41, 5.74) is 2.58. The molecule has 0 bridgehead atoms. The molecule has 2 aromatic carbocycles. The van der Waals surface area contributed by atoms with Gasteiger partial charge < -0.3 is 14.9 Å². The standard InChI is InChI=1S/C25H25ClN4O3/c1-16-20(15-27-30(16)19-10-5-4-6-11-19)23(31)21-22(17-8-7-9-18(26)14-17)29(13-12-28(2)3)25(33)24(21)32/h4-11,14-15,22,31H,12-13H2,1-3H3/t22-/m1/s1. The van der Waals surface area contributed by atoms with Crippen molar-refractivity contribution in [3.05, 3.63) is 88.2 Å². The highest BCUT2D eigenvalue weighted by Crippen LogP contribution is 2.40. The summed E-state index contributed by atoms with van der Waals surface area (Å²) >= 11 is 6.22. The molecule has 0 unspecified atom stereocenters. The highest BCUT2D eigenvalue weighted by atomic mass is 35.5. The minimum Gasteiger partial charge on any atom is -0.507 e. The van der Waals surface area contributed by atoms with Crippen molar-refractivity contribution in [1.82, 2.24) is 19.6 Å². The Kier molecular flexibility index (Phi) is 6.35. The van der Waals surface area contributed by atoms with Crippen LogP contribution in [0.4, 0.5) is 0 Å². The second-order valence-electron chi connectivity index (χ2n) is 8.24. The van der Waals surface area contributed by atoms with Crippen molar-refractivity contribution in [2.75, 3.05) is 27.2 Å². The Hall–Kier alpha value is -3.42. The smallest absolute Gasteiger partial charge is 0.295 e. The zero-order valence-electron chi connectivity index (χ0n) is 18.7. The molecule has 1 aromatic heterocycles. The minimum absolute atomic E-state index is 0.0386. The fraction of sp³-hybridized carbons (Fsp3) is 0.240. The van der Waals surface area contributed by atoms with Crippen LogP contribution < -0.4 is 0 Å². The normalized spacial score (nSPS) is 17.8. The number of benzene rings is 2. The van der Waals surface area contributed by atoms with E-state index in [1.54, 1.807) is 28.9 Å². The number of aliphatic hydroxyl groups is 1. The van der Waals surface area contributed by atoms with Crippen molar-refractivity contribution in [2.45, 2.75) is 13.0 Å². The van der Waals surface area contributed by atoms with Crippen LogP contribution in [-0.4, -0.2) is 63.6 Å². The number of aromatic nitrogens is 2. The summed E-state index contributed by atoms with van der Waals surface area (Å²) < 4.78 is 1.69. The molecule has 1 fully saturated rings. The topological polar surface area (TPSA) is 78.7 Å². The summed E-state index contributed by atoms with van der Waals surface area (Å²) in [4.78, 5) is 29.6. The van der Waals surface area contributed by atoms with Crippen LogP contribution in [0, 0.1) is 6.92 Å². The average Bonchev–Trinajstić information content (AvgIpc) is 3.30. The van der Waals surface area contributed by atoms with Crippen molar-refractivity contribution < 1.29 is 14.7 Å². The molecule has 0 aliphatic carbocycles. The molecule has 1 N–H and O–H groups in total. The van der Waals surface area contributed by atoms with Gasteiger partial charge in [0.25, 0.3) is 11.7 Å². The molecule has 1 amide bonds. The zero-order valence-corrected chi connectivity index (χ0v) is 19.5. The molecule has 33 heavy (non-hydrogen) atoms. The van der Waals surface area contributed by atoms with Crippen LogP contribution in [0.25, 0.3) is 11.4 Å². The van der Waals surface area contributed by atoms with E-state index in [9.17, 15) is 14.7 Å². The van der Waals surface area contributed by atoms with Crippen LogP contribution in [0.3, 0.4) is 0 Å². The van der Waals surface area contributed by atoms with Crippen LogP contribution >= 0.6 is 11.6 Å². The van der Waals surface area contributed by atoms with Crippen LogP contribution in [-0.2, 0) is 9.59 Å². The summed E-state index contributed by atoms with van der Waals surface area (Å²) in [5.74, 6) is -1.61. The molecule has 2 heterocycles. The second-order valence-corrected chi connectivity index (χ2v) is 8.68. The summed E-state index contributed by atoms with van der Waals surface area (Å²) in [7, 11) is 3.79. The molecule has 7 nitrogen and oxygen atoms in total. The van der Waals surface area contributed by atoms with Gasteiger partial charge in [-0.25, -0.2) is 4.68 Å². The van der Waals surface area contributed by atoms with E-state index >= 15 is 0 Å². The maximum absolute atomic E-state index is 13.1. The number of likely N-dealkylation sites (tertiary alicyclic amines) is 1. The van der Waals surface area contributed by atoms with E-state index in [0.29, 0.717) is 34.9 Å². The number of likely N-dealkylation sites (N-methyl/N-ethyl adjacent to an activating group) is 1. The fourth-order valence-corrected chi connectivity index (χ4v) is 4.26. The lowest BCUT2D eigenvalue weighted by atomic mass is 9.95. The molecular weight excluding hydrogens is 440 g/mol. The number of amides is 1. The second kappa shape index (κ2) is 9.21. The third-order valence-electron chi connectivity index (χ3n) is 5.76. The van der Waals surface area contributed by atoms with E-state index in [1.807, 2.05) is 56.3 Å². The van der Waals surface area contributed by atoms with Crippen molar-refractivity contribution >= 4 is 29.1 Å². The largest absolute Gasteiger partial charge is 0.507 e. The van der Waals surface area contributed by atoms with Gasteiger partial charge in [0.15, 0.2) is 0 Å². The molecular formula is C25H25ClN4O3. The third-order valence-corrected chi connectivity index (χ3v) is 5.99. The monoisotopic (exact) mass is 464 g/mol. The average molecular weight is 465 g/mol. The first-order valence-electron chi connectivity index (χ1n) is 10.6. The molecule has 1 saturated heterocycles. The van der Waals surface area contributed by atoms with Gasteiger partial charge in [-0.3, -0.25) is 9.59 Å². The fourth-order valence-electron chi connectivity index (χ4n) is 4.06. The predicted octanol–water partition coefficient (Wildman–Crippen LogP) is 3.82. The number of hydrogen-bond donors (Lipinski definition) is 1. The molecule has 1 atom stereocenters. The number of ketones is 1. The summed E-state index contributed by atoms with van der Waals surface area (Å²) in [6, 6.07) is 15.8. The number of Topliss-reactive ketones (excluding diaryl/α,β-unsaturated/α-hetero) is 1. The van der Waals surface area contributed by atoms with Gasteiger partial charge in [0, 0.05) is 18.1 Å². The van der Waals surface area contributed by atoms with Crippen LogP contribution in [0.15, 0.2) is 66.4 Å². The SMILES string of the molecule is Cc1c(C(O)=C2C(=O)C(=O)N(CCN(C)C)[C@@H]2c2cccc(Cl)c2)cnn1-c1ccccc1. The molecule has 8 heteroatoms. The van der Waals surface area contributed by atoms with Gasteiger partial charge in [0.2, 0.25) is 0 Å². The number of rotatable bonds is 6. The molecule has 3 aromatic rings. The number of nitrogens with zero attached hydrogens (tertiary/aromatic N) is 4. The number of halogens is 1. The van der Waals surface area contributed by atoms with E-state index < -0.39 is 17.7 Å². The predicted molar refractivity (Wildman–Crippen MR) is 127 cm³/mol. The highest BCUT2D eigenvalue weighted by molar-refractivity contribution is 6.46. The molecule has 1 aliphatic rings. The summed E-state index contributed by atoms with van der Waals surface area (Å²) in [6.45, 7) is 2.70. The van der Waals surface area contributed by atoms with Crippen molar-refractivity contribution in [3.8, 4) is 5.69 Å². The lowest BCUT2D eigenvalue weighted by molar-refractivity contribution is -0.140. The van der Waals surface area contributed by atoms with Gasteiger partial charge in [0.1, 0.15) is 5.76 Å². The van der Waals surface area contributed by atoms with Crippen LogP contribution in [0.5, 0.6) is 0 Å². The number of carbonyl (C=O) groups is 2. The Balaban J connectivity index is 1.85. The Morgan fingerprint density at radius 3 is 2.52 bits per heavy atom. The van der Waals surface area contributed by atoms with Gasteiger partial charge in [-0.15, -0.1) is 0 Å². The van der Waals surface area contributed by atoms with Gasteiger partial charge in [0.05, 0.1) is 34.8 Å². The first kappa shape index (κ1) is 22.8. The van der Waals surface area contributed by atoms with Gasteiger partial charge in [-0.2, -0.15) is 5.10 Å². The highest BCUT2D eigenvalue weighted by Gasteiger charge is 2.46. The van der Waals surface area contributed by atoms with Crippen LogP contribution in [0.2, 0.25) is 5.02 Å². The minimum atomic E-state index is -0.747. The number of aliphatic hydroxyl groups excluding tert-OH is 1. The van der Waals surface area contributed by atoms with Crippen LogP contribution in [0.1, 0.15) is 22.9 Å². The lowest BCUT2D eigenvalue weighted by Crippen LogP contribution is -2.35. The van der Waals surface area contributed by atoms with E-state index in [2.05, 4.69) is 5.10 Å². The van der Waals surface area contributed by atoms with Crippen molar-refractivity contribution in [2.24, 2.45) is 0 Å². The van der Waals surface area contributed by atoms with Crippen molar-refractivity contribution in [3.63, 3.8) is 0 Å². The molecule has 4 rings (SSSR count). The van der Waals surface area contributed by atoms with Crippen molar-refractivity contribution in [1.29, 1.82) is 0 Å². The quantitative estimate of drug-likeness (QED) is 0.341. The summed E-state index contributed by atoms with van der Waals surface area (Å²) in [6.07, 6.45) is 1.51. The van der Waals surface area contributed by atoms with E-state index in [1.165, 1.54) is 11.1 Å².